The minimum atomic E-state index is -0.952. The molecule has 92 valence electrons. The largest absolute Gasteiger partial charge is 0.478 e. The highest BCUT2D eigenvalue weighted by Crippen LogP contribution is 2.28. The molecule has 4 heteroatoms. The van der Waals surface area contributed by atoms with Crippen molar-refractivity contribution in [2.75, 3.05) is 5.73 Å². The van der Waals surface area contributed by atoms with E-state index in [0.29, 0.717) is 16.9 Å². The predicted molar refractivity (Wildman–Crippen MR) is 70.5 cm³/mol. The minimum absolute atomic E-state index is 0.260. The van der Waals surface area contributed by atoms with Gasteiger partial charge < -0.3 is 10.8 Å². The highest BCUT2D eigenvalue weighted by Gasteiger charge is 2.16. The van der Waals surface area contributed by atoms with E-state index >= 15 is 0 Å². The van der Waals surface area contributed by atoms with Crippen LogP contribution in [-0.2, 0) is 0 Å². The number of rotatable bonds is 2. The Kier molecular flexibility index (Phi) is 3.02. The molecule has 0 radical (unpaired) electrons. The molecule has 0 bridgehead atoms. The van der Waals surface area contributed by atoms with Gasteiger partial charge in [-0.1, -0.05) is 6.07 Å². The fourth-order valence-corrected chi connectivity index (χ4v) is 1.88. The number of nitrogens with two attached hydrogens (primary N) is 1. The van der Waals surface area contributed by atoms with Crippen LogP contribution in [0.3, 0.4) is 0 Å². The number of pyridine rings is 1. The summed E-state index contributed by atoms with van der Waals surface area (Å²) in [6.07, 6.45) is 1.53. The SMILES string of the molecule is Cc1ccc(C(=O)O)c(-c2ccc(N)cn2)c1C. The number of hydrogen-bond acceptors (Lipinski definition) is 3. The Bertz CT molecular complexity index is 604. The molecule has 0 unspecified atom stereocenters. The number of carbonyl (C=O) groups is 1. The van der Waals surface area contributed by atoms with Crippen molar-refractivity contribution in [3.05, 3.63) is 47.2 Å². The van der Waals surface area contributed by atoms with Crippen molar-refractivity contribution in [3.8, 4) is 11.3 Å². The Morgan fingerprint density at radius 1 is 1.22 bits per heavy atom. The van der Waals surface area contributed by atoms with Crippen molar-refractivity contribution in [2.24, 2.45) is 0 Å². The monoisotopic (exact) mass is 242 g/mol. The van der Waals surface area contributed by atoms with Crippen molar-refractivity contribution in [3.63, 3.8) is 0 Å². The summed E-state index contributed by atoms with van der Waals surface area (Å²) in [4.78, 5) is 15.5. The first-order chi connectivity index (χ1) is 8.50. The molecule has 0 aliphatic carbocycles. The topological polar surface area (TPSA) is 76.2 Å². The van der Waals surface area contributed by atoms with Crippen molar-refractivity contribution in [1.29, 1.82) is 0 Å². The normalized spacial score (nSPS) is 10.3. The average molecular weight is 242 g/mol. The molecule has 4 nitrogen and oxygen atoms in total. The van der Waals surface area contributed by atoms with Crippen molar-refractivity contribution < 1.29 is 9.90 Å². The molecule has 0 spiro atoms. The van der Waals surface area contributed by atoms with Gasteiger partial charge in [0, 0.05) is 5.56 Å². The van der Waals surface area contributed by atoms with Crippen LogP contribution in [0.5, 0.6) is 0 Å². The lowest BCUT2D eigenvalue weighted by molar-refractivity contribution is 0.0697. The number of aryl methyl sites for hydroxylation is 1. The zero-order valence-electron chi connectivity index (χ0n) is 10.3. The summed E-state index contributed by atoms with van der Waals surface area (Å²) in [5, 5.41) is 9.24. The Hall–Kier alpha value is -2.36. The first-order valence-corrected chi connectivity index (χ1v) is 5.56. The molecule has 0 saturated carbocycles. The number of carboxylic acids is 1. The van der Waals surface area contributed by atoms with E-state index in [1.165, 1.54) is 6.20 Å². The van der Waals surface area contributed by atoms with Gasteiger partial charge in [-0.05, 0) is 43.2 Å². The van der Waals surface area contributed by atoms with E-state index in [1.807, 2.05) is 13.8 Å². The average Bonchev–Trinajstić information content (AvgIpc) is 2.33. The standard InChI is InChI=1S/C14H14N2O2/c1-8-3-5-11(14(17)18)13(9(8)2)12-6-4-10(15)7-16-12/h3-7H,15H2,1-2H3,(H,17,18). The number of nitrogens with zero attached hydrogens (tertiary/aromatic N) is 1. The number of benzene rings is 1. The number of carboxylic acid groups (broad SMARTS) is 1. The van der Waals surface area contributed by atoms with Gasteiger partial charge in [-0.3, -0.25) is 4.98 Å². The van der Waals surface area contributed by atoms with Crippen LogP contribution in [0, 0.1) is 13.8 Å². The maximum absolute atomic E-state index is 11.3. The van der Waals surface area contributed by atoms with Crippen LogP contribution in [0.1, 0.15) is 21.5 Å². The van der Waals surface area contributed by atoms with E-state index in [4.69, 9.17) is 5.73 Å². The van der Waals surface area contributed by atoms with Gasteiger partial charge in [-0.25, -0.2) is 4.79 Å². The third-order valence-corrected chi connectivity index (χ3v) is 3.01. The fourth-order valence-electron chi connectivity index (χ4n) is 1.88. The summed E-state index contributed by atoms with van der Waals surface area (Å²) in [5.41, 5.74) is 9.65. The summed E-state index contributed by atoms with van der Waals surface area (Å²) in [6, 6.07) is 6.87. The lowest BCUT2D eigenvalue weighted by atomic mass is 9.95. The molecule has 0 aliphatic heterocycles. The van der Waals surface area contributed by atoms with Crippen LogP contribution in [0.2, 0.25) is 0 Å². The van der Waals surface area contributed by atoms with E-state index in [0.717, 1.165) is 11.1 Å². The fraction of sp³-hybridized carbons (Fsp3) is 0.143. The van der Waals surface area contributed by atoms with Crippen LogP contribution in [0.4, 0.5) is 5.69 Å². The summed E-state index contributed by atoms with van der Waals surface area (Å²) in [7, 11) is 0. The molecular weight excluding hydrogens is 228 g/mol. The smallest absolute Gasteiger partial charge is 0.336 e. The van der Waals surface area contributed by atoms with E-state index < -0.39 is 5.97 Å². The molecule has 0 atom stereocenters. The van der Waals surface area contributed by atoms with Crippen molar-refractivity contribution in [1.82, 2.24) is 4.98 Å². The Balaban J connectivity index is 2.71. The Labute approximate surface area is 105 Å². The summed E-state index contributed by atoms with van der Waals surface area (Å²) in [6.45, 7) is 3.84. The number of aromatic carboxylic acids is 1. The first kappa shape index (κ1) is 12.1. The van der Waals surface area contributed by atoms with Gasteiger partial charge in [0.25, 0.3) is 0 Å². The first-order valence-electron chi connectivity index (χ1n) is 5.56. The molecule has 2 aromatic rings. The van der Waals surface area contributed by atoms with Gasteiger partial charge in [0.2, 0.25) is 0 Å². The summed E-state index contributed by atoms with van der Waals surface area (Å²) < 4.78 is 0. The van der Waals surface area contributed by atoms with Crippen LogP contribution in [-0.4, -0.2) is 16.1 Å². The molecule has 0 aliphatic rings. The maximum Gasteiger partial charge on any atom is 0.336 e. The minimum Gasteiger partial charge on any atom is -0.478 e. The van der Waals surface area contributed by atoms with Gasteiger partial charge in [-0.2, -0.15) is 0 Å². The second-order valence-corrected chi connectivity index (χ2v) is 4.21. The van der Waals surface area contributed by atoms with Gasteiger partial charge in [0.05, 0.1) is 23.1 Å². The third kappa shape index (κ3) is 2.05. The van der Waals surface area contributed by atoms with E-state index in [-0.39, 0.29) is 5.56 Å². The molecule has 0 amide bonds. The van der Waals surface area contributed by atoms with E-state index in [9.17, 15) is 9.90 Å². The number of nitrogen functional groups attached to an aromatic ring is 1. The number of anilines is 1. The highest BCUT2D eigenvalue weighted by molar-refractivity contribution is 5.96. The zero-order valence-corrected chi connectivity index (χ0v) is 10.3. The molecule has 1 aromatic carbocycles. The van der Waals surface area contributed by atoms with Gasteiger partial charge >= 0.3 is 5.97 Å². The van der Waals surface area contributed by atoms with Crippen LogP contribution in [0.15, 0.2) is 30.5 Å². The molecule has 2 rings (SSSR count). The quantitative estimate of drug-likeness (QED) is 0.848. The van der Waals surface area contributed by atoms with Crippen LogP contribution in [0.25, 0.3) is 11.3 Å². The Morgan fingerprint density at radius 2 is 1.94 bits per heavy atom. The van der Waals surface area contributed by atoms with Gasteiger partial charge in [0.15, 0.2) is 0 Å². The highest BCUT2D eigenvalue weighted by atomic mass is 16.4. The molecule has 1 aromatic heterocycles. The lowest BCUT2D eigenvalue weighted by Gasteiger charge is -2.12. The van der Waals surface area contributed by atoms with Crippen molar-refractivity contribution in [2.45, 2.75) is 13.8 Å². The van der Waals surface area contributed by atoms with Gasteiger partial charge in [0.1, 0.15) is 0 Å². The number of hydrogen-bond donors (Lipinski definition) is 2. The zero-order chi connectivity index (χ0) is 13.3. The molecular formula is C14H14N2O2. The second kappa shape index (κ2) is 4.49. The molecule has 1 heterocycles. The van der Waals surface area contributed by atoms with Crippen LogP contribution < -0.4 is 5.73 Å². The van der Waals surface area contributed by atoms with Crippen molar-refractivity contribution >= 4 is 11.7 Å². The maximum atomic E-state index is 11.3. The van der Waals surface area contributed by atoms with E-state index in [2.05, 4.69) is 4.98 Å². The summed E-state index contributed by atoms with van der Waals surface area (Å²) in [5.74, 6) is -0.952. The molecule has 0 saturated heterocycles. The number of aromatic nitrogens is 1. The molecule has 18 heavy (non-hydrogen) atoms. The van der Waals surface area contributed by atoms with Gasteiger partial charge in [-0.15, -0.1) is 0 Å². The molecule has 3 N–H and O–H groups in total. The third-order valence-electron chi connectivity index (χ3n) is 3.01. The van der Waals surface area contributed by atoms with E-state index in [1.54, 1.807) is 24.3 Å². The van der Waals surface area contributed by atoms with Crippen LogP contribution >= 0.6 is 0 Å². The summed E-state index contributed by atoms with van der Waals surface area (Å²) >= 11 is 0. The lowest BCUT2D eigenvalue weighted by Crippen LogP contribution is -2.03. The Morgan fingerprint density at radius 3 is 2.50 bits per heavy atom. The molecule has 0 fully saturated rings. The second-order valence-electron chi connectivity index (χ2n) is 4.21. The predicted octanol–water partition coefficient (Wildman–Crippen LogP) is 2.65.